The summed E-state index contributed by atoms with van der Waals surface area (Å²) in [7, 11) is 1.88. The SMILES string of the molecule is CCc1ccc(CN(C)C(=O)CN(CC)Cc2cccs2)cc1. The highest BCUT2D eigenvalue weighted by atomic mass is 32.1. The quantitative estimate of drug-likeness (QED) is 0.735. The molecule has 0 spiro atoms. The number of hydrogen-bond acceptors (Lipinski definition) is 3. The van der Waals surface area contributed by atoms with Crippen LogP contribution in [0.4, 0.5) is 0 Å². The monoisotopic (exact) mass is 330 g/mol. The third-order valence-electron chi connectivity index (χ3n) is 4.04. The lowest BCUT2D eigenvalue weighted by molar-refractivity contribution is -0.131. The summed E-state index contributed by atoms with van der Waals surface area (Å²) < 4.78 is 0. The zero-order valence-electron chi connectivity index (χ0n) is 14.3. The molecule has 0 fully saturated rings. The van der Waals surface area contributed by atoms with E-state index in [9.17, 15) is 4.79 Å². The van der Waals surface area contributed by atoms with Crippen molar-refractivity contribution in [3.05, 3.63) is 57.8 Å². The first-order valence-corrected chi connectivity index (χ1v) is 9.06. The fraction of sp³-hybridized carbons (Fsp3) is 0.421. The van der Waals surface area contributed by atoms with Crippen molar-refractivity contribution in [1.29, 1.82) is 0 Å². The highest BCUT2D eigenvalue weighted by Crippen LogP contribution is 2.12. The Bertz CT molecular complexity index is 592. The number of thiophene rings is 1. The molecule has 1 aromatic heterocycles. The number of nitrogens with zero attached hydrogens (tertiary/aromatic N) is 2. The van der Waals surface area contributed by atoms with Gasteiger partial charge in [-0.05, 0) is 35.5 Å². The van der Waals surface area contributed by atoms with Crippen molar-refractivity contribution in [3.8, 4) is 0 Å². The molecule has 0 unspecified atom stereocenters. The molecule has 0 aliphatic carbocycles. The lowest BCUT2D eigenvalue weighted by Crippen LogP contribution is -2.37. The van der Waals surface area contributed by atoms with Crippen molar-refractivity contribution in [2.45, 2.75) is 33.4 Å². The molecule has 1 heterocycles. The number of benzene rings is 1. The number of aryl methyl sites for hydroxylation is 1. The van der Waals surface area contributed by atoms with Crippen molar-refractivity contribution in [1.82, 2.24) is 9.80 Å². The van der Waals surface area contributed by atoms with Crippen molar-refractivity contribution in [2.24, 2.45) is 0 Å². The van der Waals surface area contributed by atoms with E-state index < -0.39 is 0 Å². The number of hydrogen-bond donors (Lipinski definition) is 0. The molecule has 1 amide bonds. The predicted octanol–water partition coefficient (Wildman–Crippen LogP) is 3.79. The van der Waals surface area contributed by atoms with E-state index >= 15 is 0 Å². The standard InChI is InChI=1S/C19H26N2OS/c1-4-16-8-10-17(11-9-16)13-20(3)19(22)15-21(5-2)14-18-7-6-12-23-18/h6-12H,4-5,13-15H2,1-3H3. The number of carbonyl (C=O) groups is 1. The Hall–Kier alpha value is -1.65. The maximum atomic E-state index is 12.5. The van der Waals surface area contributed by atoms with Crippen LogP contribution in [0, 0.1) is 0 Å². The van der Waals surface area contributed by atoms with E-state index in [1.807, 2.05) is 11.9 Å². The van der Waals surface area contributed by atoms with E-state index in [-0.39, 0.29) is 5.91 Å². The van der Waals surface area contributed by atoms with Crippen molar-refractivity contribution in [3.63, 3.8) is 0 Å². The van der Waals surface area contributed by atoms with Crippen LogP contribution < -0.4 is 0 Å². The molecule has 0 saturated carbocycles. The Morgan fingerprint density at radius 1 is 1.04 bits per heavy atom. The van der Waals surface area contributed by atoms with E-state index in [0.29, 0.717) is 13.1 Å². The first-order chi connectivity index (χ1) is 11.1. The summed E-state index contributed by atoms with van der Waals surface area (Å²) in [6, 6.07) is 12.7. The second-order valence-corrected chi connectivity index (χ2v) is 6.83. The molecule has 124 valence electrons. The summed E-state index contributed by atoms with van der Waals surface area (Å²) in [5.41, 5.74) is 2.51. The fourth-order valence-electron chi connectivity index (χ4n) is 2.46. The smallest absolute Gasteiger partial charge is 0.236 e. The van der Waals surface area contributed by atoms with Crippen LogP contribution in [-0.4, -0.2) is 35.8 Å². The molecular weight excluding hydrogens is 304 g/mol. The zero-order valence-corrected chi connectivity index (χ0v) is 15.1. The van der Waals surface area contributed by atoms with Crippen molar-refractivity contribution in [2.75, 3.05) is 20.1 Å². The van der Waals surface area contributed by atoms with Crippen LogP contribution in [0.15, 0.2) is 41.8 Å². The fourth-order valence-corrected chi connectivity index (χ4v) is 3.20. The maximum absolute atomic E-state index is 12.5. The predicted molar refractivity (Wildman–Crippen MR) is 97.6 cm³/mol. The normalized spacial score (nSPS) is 11.0. The van der Waals surface area contributed by atoms with E-state index in [1.165, 1.54) is 16.0 Å². The first kappa shape index (κ1) is 17.7. The Morgan fingerprint density at radius 2 is 1.74 bits per heavy atom. The molecule has 4 heteroatoms. The molecular formula is C19H26N2OS. The third-order valence-corrected chi connectivity index (χ3v) is 4.90. The molecule has 2 rings (SSSR count). The molecule has 0 radical (unpaired) electrons. The average molecular weight is 330 g/mol. The summed E-state index contributed by atoms with van der Waals surface area (Å²) >= 11 is 1.74. The van der Waals surface area contributed by atoms with Gasteiger partial charge in [-0.1, -0.05) is 44.2 Å². The second kappa shape index (κ2) is 8.85. The number of amides is 1. The highest BCUT2D eigenvalue weighted by molar-refractivity contribution is 7.09. The largest absolute Gasteiger partial charge is 0.340 e. The van der Waals surface area contributed by atoms with Gasteiger partial charge >= 0.3 is 0 Å². The summed E-state index contributed by atoms with van der Waals surface area (Å²) in [6.45, 7) is 7.11. The van der Waals surface area contributed by atoms with E-state index in [1.54, 1.807) is 11.3 Å². The molecule has 0 saturated heterocycles. The van der Waals surface area contributed by atoms with Crippen molar-refractivity contribution >= 4 is 17.2 Å². The molecule has 0 aliphatic rings. The van der Waals surface area contributed by atoms with Crippen LogP contribution in [0.3, 0.4) is 0 Å². The average Bonchev–Trinajstić information content (AvgIpc) is 3.07. The van der Waals surface area contributed by atoms with Crippen LogP contribution >= 0.6 is 11.3 Å². The summed E-state index contributed by atoms with van der Waals surface area (Å²) in [4.78, 5) is 17.8. The van der Waals surface area contributed by atoms with Crippen LogP contribution in [0.25, 0.3) is 0 Å². The Morgan fingerprint density at radius 3 is 2.30 bits per heavy atom. The number of rotatable bonds is 8. The van der Waals surface area contributed by atoms with Gasteiger partial charge in [0.15, 0.2) is 0 Å². The van der Waals surface area contributed by atoms with E-state index in [2.05, 4.69) is 60.5 Å². The molecule has 2 aromatic rings. The summed E-state index contributed by atoms with van der Waals surface area (Å²) in [5, 5.41) is 2.08. The molecule has 3 nitrogen and oxygen atoms in total. The van der Waals surface area contributed by atoms with Gasteiger partial charge in [0.1, 0.15) is 0 Å². The lowest BCUT2D eigenvalue weighted by atomic mass is 10.1. The van der Waals surface area contributed by atoms with Crippen molar-refractivity contribution < 1.29 is 4.79 Å². The van der Waals surface area contributed by atoms with E-state index in [4.69, 9.17) is 0 Å². The molecule has 0 aliphatic heterocycles. The first-order valence-electron chi connectivity index (χ1n) is 8.18. The number of likely N-dealkylation sites (N-methyl/N-ethyl adjacent to an activating group) is 2. The van der Waals surface area contributed by atoms with Crippen LogP contribution in [-0.2, 0) is 24.3 Å². The van der Waals surface area contributed by atoms with Gasteiger partial charge < -0.3 is 4.90 Å². The minimum atomic E-state index is 0.169. The van der Waals surface area contributed by atoms with E-state index in [0.717, 1.165) is 19.5 Å². The van der Waals surface area contributed by atoms with Gasteiger partial charge in [0, 0.05) is 25.0 Å². The highest BCUT2D eigenvalue weighted by Gasteiger charge is 2.14. The Kier molecular flexibility index (Phi) is 6.81. The van der Waals surface area contributed by atoms with Gasteiger partial charge in [0.25, 0.3) is 0 Å². The Labute approximate surface area is 143 Å². The minimum Gasteiger partial charge on any atom is -0.340 e. The number of carbonyl (C=O) groups excluding carboxylic acids is 1. The maximum Gasteiger partial charge on any atom is 0.236 e. The molecule has 0 bridgehead atoms. The molecule has 23 heavy (non-hydrogen) atoms. The topological polar surface area (TPSA) is 23.6 Å². The third kappa shape index (κ3) is 5.48. The Balaban J connectivity index is 1.87. The van der Waals surface area contributed by atoms with Crippen LogP contribution in [0.2, 0.25) is 0 Å². The van der Waals surface area contributed by atoms with Crippen LogP contribution in [0.5, 0.6) is 0 Å². The van der Waals surface area contributed by atoms with Gasteiger partial charge in [-0.2, -0.15) is 0 Å². The summed E-state index contributed by atoms with van der Waals surface area (Å²) in [5.74, 6) is 0.169. The van der Waals surface area contributed by atoms with Gasteiger partial charge in [0.2, 0.25) is 5.91 Å². The second-order valence-electron chi connectivity index (χ2n) is 5.80. The van der Waals surface area contributed by atoms with Gasteiger partial charge in [-0.15, -0.1) is 11.3 Å². The molecule has 0 N–H and O–H groups in total. The molecule has 1 aromatic carbocycles. The van der Waals surface area contributed by atoms with Gasteiger partial charge in [0.05, 0.1) is 6.54 Å². The zero-order chi connectivity index (χ0) is 16.7. The minimum absolute atomic E-state index is 0.169. The van der Waals surface area contributed by atoms with Gasteiger partial charge in [-0.25, -0.2) is 0 Å². The van der Waals surface area contributed by atoms with Crippen LogP contribution in [0.1, 0.15) is 29.9 Å². The molecule has 0 atom stereocenters. The summed E-state index contributed by atoms with van der Waals surface area (Å²) in [6.07, 6.45) is 1.04. The van der Waals surface area contributed by atoms with Gasteiger partial charge in [-0.3, -0.25) is 9.69 Å². The lowest BCUT2D eigenvalue weighted by Gasteiger charge is -2.23.